The lowest BCUT2D eigenvalue weighted by Crippen LogP contribution is -2.24. The Morgan fingerprint density at radius 2 is 2.21 bits per heavy atom. The van der Waals surface area contributed by atoms with Crippen molar-refractivity contribution in [1.82, 2.24) is 10.3 Å². The molecule has 1 fully saturated rings. The molecule has 0 aliphatic heterocycles. The third-order valence-electron chi connectivity index (χ3n) is 2.97. The van der Waals surface area contributed by atoms with Gasteiger partial charge < -0.3 is 10.1 Å². The molecule has 0 bridgehead atoms. The normalized spacial score (nSPS) is 14.2. The first-order valence-electron chi connectivity index (χ1n) is 6.17. The number of ether oxygens (including phenoxy) is 1. The fraction of sp³-hybridized carbons (Fsp3) is 0.286. The van der Waals surface area contributed by atoms with E-state index in [1.165, 1.54) is 11.3 Å². The second kappa shape index (κ2) is 5.01. The number of nitrogens with one attached hydrogen (secondary N) is 1. The van der Waals surface area contributed by atoms with E-state index in [2.05, 4.69) is 10.3 Å². The first-order chi connectivity index (χ1) is 9.26. The second-order valence-electron chi connectivity index (χ2n) is 4.50. The van der Waals surface area contributed by atoms with Crippen LogP contribution >= 0.6 is 11.3 Å². The van der Waals surface area contributed by atoms with Crippen LogP contribution in [0.5, 0.6) is 5.88 Å². The third kappa shape index (κ3) is 2.76. The number of aromatic nitrogens is 1. The number of methoxy groups -OCH3 is 1. The van der Waals surface area contributed by atoms with Crippen molar-refractivity contribution in [3.8, 4) is 16.3 Å². The maximum absolute atomic E-state index is 11.9. The summed E-state index contributed by atoms with van der Waals surface area (Å²) in [6.07, 6.45) is 3.96. The number of carbonyl (C=O) groups is 1. The van der Waals surface area contributed by atoms with Crippen LogP contribution in [0.4, 0.5) is 0 Å². The zero-order valence-electron chi connectivity index (χ0n) is 10.6. The summed E-state index contributed by atoms with van der Waals surface area (Å²) in [5.74, 6) is 0.618. The van der Waals surface area contributed by atoms with Gasteiger partial charge in [-0.15, -0.1) is 11.3 Å². The molecule has 2 heterocycles. The highest BCUT2D eigenvalue weighted by Crippen LogP contribution is 2.29. The molecule has 0 saturated heterocycles. The zero-order valence-corrected chi connectivity index (χ0v) is 11.4. The van der Waals surface area contributed by atoms with Gasteiger partial charge in [0.25, 0.3) is 5.91 Å². The van der Waals surface area contributed by atoms with Gasteiger partial charge in [0.1, 0.15) is 0 Å². The van der Waals surface area contributed by atoms with Crippen LogP contribution in [-0.2, 0) is 0 Å². The predicted molar refractivity (Wildman–Crippen MR) is 74.6 cm³/mol. The van der Waals surface area contributed by atoms with E-state index >= 15 is 0 Å². The minimum Gasteiger partial charge on any atom is -0.481 e. The smallest absolute Gasteiger partial charge is 0.261 e. The lowest BCUT2D eigenvalue weighted by molar-refractivity contribution is 0.0955. The van der Waals surface area contributed by atoms with E-state index in [-0.39, 0.29) is 5.91 Å². The van der Waals surface area contributed by atoms with Gasteiger partial charge in [0.2, 0.25) is 5.88 Å². The van der Waals surface area contributed by atoms with Crippen molar-refractivity contribution in [2.24, 2.45) is 0 Å². The molecule has 98 valence electrons. The Morgan fingerprint density at radius 1 is 1.37 bits per heavy atom. The van der Waals surface area contributed by atoms with Gasteiger partial charge in [0.15, 0.2) is 0 Å². The number of amides is 1. The molecule has 0 radical (unpaired) electrons. The van der Waals surface area contributed by atoms with Gasteiger partial charge in [-0.1, -0.05) is 0 Å². The molecule has 1 saturated carbocycles. The third-order valence-corrected chi connectivity index (χ3v) is 4.11. The Labute approximate surface area is 115 Å². The molecule has 5 heteroatoms. The second-order valence-corrected chi connectivity index (χ2v) is 5.58. The Bertz CT molecular complexity index is 588. The summed E-state index contributed by atoms with van der Waals surface area (Å²) in [5, 5.41) is 2.99. The summed E-state index contributed by atoms with van der Waals surface area (Å²) in [5.41, 5.74) is 0.997. The fourth-order valence-electron chi connectivity index (χ4n) is 1.75. The molecule has 4 nitrogen and oxygen atoms in total. The van der Waals surface area contributed by atoms with E-state index in [0.717, 1.165) is 28.2 Å². The van der Waals surface area contributed by atoms with Crippen LogP contribution < -0.4 is 10.1 Å². The first kappa shape index (κ1) is 12.2. The Kier molecular flexibility index (Phi) is 3.21. The number of nitrogens with zero attached hydrogens (tertiary/aromatic N) is 1. The Morgan fingerprint density at radius 3 is 2.84 bits per heavy atom. The van der Waals surface area contributed by atoms with Gasteiger partial charge in [0, 0.05) is 28.7 Å². The molecule has 3 rings (SSSR count). The number of hydrogen-bond donors (Lipinski definition) is 1. The van der Waals surface area contributed by atoms with Gasteiger partial charge in [-0.05, 0) is 31.0 Å². The molecule has 0 spiro atoms. The van der Waals surface area contributed by atoms with Gasteiger partial charge in [0.05, 0.1) is 12.0 Å². The van der Waals surface area contributed by atoms with Crippen molar-refractivity contribution >= 4 is 17.2 Å². The van der Waals surface area contributed by atoms with Crippen LogP contribution in [-0.4, -0.2) is 24.0 Å². The summed E-state index contributed by atoms with van der Waals surface area (Å²) < 4.78 is 5.03. The van der Waals surface area contributed by atoms with Gasteiger partial charge in [-0.25, -0.2) is 4.98 Å². The summed E-state index contributed by atoms with van der Waals surface area (Å²) in [6.45, 7) is 0. The molecule has 1 aliphatic rings. The van der Waals surface area contributed by atoms with Crippen LogP contribution in [0, 0.1) is 0 Å². The number of thiophene rings is 1. The highest BCUT2D eigenvalue weighted by atomic mass is 32.1. The van der Waals surface area contributed by atoms with Gasteiger partial charge >= 0.3 is 0 Å². The molecule has 1 N–H and O–H groups in total. The van der Waals surface area contributed by atoms with Gasteiger partial charge in [-0.3, -0.25) is 4.79 Å². The highest BCUT2D eigenvalue weighted by Gasteiger charge is 2.24. The molecule has 19 heavy (non-hydrogen) atoms. The lowest BCUT2D eigenvalue weighted by atomic mass is 10.2. The van der Waals surface area contributed by atoms with E-state index in [0.29, 0.717) is 11.9 Å². The van der Waals surface area contributed by atoms with E-state index in [4.69, 9.17) is 4.74 Å². The lowest BCUT2D eigenvalue weighted by Gasteiger charge is -2.00. The standard InChI is InChI=1S/C14H14N2O2S/c1-18-13-7-2-9(8-15-13)11-5-6-12(19-11)14(17)16-10-3-4-10/h2,5-8,10H,3-4H2,1H3,(H,16,17). The van der Waals surface area contributed by atoms with Gasteiger partial charge in [-0.2, -0.15) is 0 Å². The SMILES string of the molecule is COc1ccc(-c2ccc(C(=O)NC3CC3)s2)cn1. The summed E-state index contributed by atoms with van der Waals surface area (Å²) >= 11 is 1.48. The topological polar surface area (TPSA) is 51.2 Å². The van der Waals surface area contributed by atoms with Crippen LogP contribution in [0.25, 0.3) is 10.4 Å². The van der Waals surface area contributed by atoms with E-state index < -0.39 is 0 Å². The largest absolute Gasteiger partial charge is 0.481 e. The van der Waals surface area contributed by atoms with Crippen LogP contribution in [0.15, 0.2) is 30.5 Å². The molecular weight excluding hydrogens is 260 g/mol. The molecule has 2 aromatic heterocycles. The van der Waals surface area contributed by atoms with Crippen molar-refractivity contribution in [2.75, 3.05) is 7.11 Å². The number of pyridine rings is 1. The minimum atomic E-state index is 0.0280. The van der Waals surface area contributed by atoms with Crippen molar-refractivity contribution < 1.29 is 9.53 Å². The quantitative estimate of drug-likeness (QED) is 0.932. The minimum absolute atomic E-state index is 0.0280. The van der Waals surface area contributed by atoms with Crippen LogP contribution in [0.1, 0.15) is 22.5 Å². The van der Waals surface area contributed by atoms with Crippen LogP contribution in [0.3, 0.4) is 0 Å². The van der Waals surface area contributed by atoms with Crippen molar-refractivity contribution in [3.05, 3.63) is 35.3 Å². The Hall–Kier alpha value is -1.88. The molecular formula is C14H14N2O2S. The molecule has 0 unspecified atom stereocenters. The average Bonchev–Trinajstić information content (AvgIpc) is 3.11. The van der Waals surface area contributed by atoms with E-state index in [9.17, 15) is 4.79 Å². The first-order valence-corrected chi connectivity index (χ1v) is 6.99. The zero-order chi connectivity index (χ0) is 13.2. The summed E-state index contributed by atoms with van der Waals surface area (Å²) in [6, 6.07) is 7.97. The molecule has 2 aromatic rings. The molecule has 1 amide bonds. The number of hydrogen-bond acceptors (Lipinski definition) is 4. The van der Waals surface area contributed by atoms with Crippen molar-refractivity contribution in [3.63, 3.8) is 0 Å². The van der Waals surface area contributed by atoms with E-state index in [1.807, 2.05) is 24.3 Å². The average molecular weight is 274 g/mol. The summed E-state index contributed by atoms with van der Waals surface area (Å²) in [4.78, 5) is 17.9. The number of rotatable bonds is 4. The van der Waals surface area contributed by atoms with Crippen LogP contribution in [0.2, 0.25) is 0 Å². The maximum atomic E-state index is 11.9. The monoisotopic (exact) mass is 274 g/mol. The summed E-state index contributed by atoms with van der Waals surface area (Å²) in [7, 11) is 1.59. The van der Waals surface area contributed by atoms with Crippen molar-refractivity contribution in [2.45, 2.75) is 18.9 Å². The maximum Gasteiger partial charge on any atom is 0.261 e. The molecule has 1 aliphatic carbocycles. The van der Waals surface area contributed by atoms with Crippen molar-refractivity contribution in [1.29, 1.82) is 0 Å². The highest BCUT2D eigenvalue weighted by molar-refractivity contribution is 7.17. The molecule has 0 atom stereocenters. The fourth-order valence-corrected chi connectivity index (χ4v) is 2.65. The van der Waals surface area contributed by atoms with E-state index in [1.54, 1.807) is 13.3 Å². The predicted octanol–water partition coefficient (Wildman–Crippen LogP) is 2.71. The number of carbonyl (C=O) groups excluding carboxylic acids is 1. The molecule has 0 aromatic carbocycles. The Balaban J connectivity index is 1.77.